The van der Waals surface area contributed by atoms with Gasteiger partial charge in [0, 0.05) is 0 Å². The molecule has 1 aromatic rings. The molecule has 0 aliphatic carbocycles. The molecular formula is C9H14NO2+. The third-order valence-corrected chi connectivity index (χ3v) is 1.82. The third-order valence-electron chi connectivity index (χ3n) is 1.82. The maximum absolute atomic E-state index is 9.57. The highest BCUT2D eigenvalue weighted by atomic mass is 16.3. The highest BCUT2D eigenvalue weighted by Gasteiger charge is 2.18. The molecule has 5 N–H and O–H groups in total. The topological polar surface area (TPSA) is 68.1 Å². The Labute approximate surface area is 71.5 Å². The van der Waals surface area contributed by atoms with E-state index < -0.39 is 6.10 Å². The minimum absolute atomic E-state index is 0.101. The normalized spacial score (nSPS) is 15.6. The molecule has 0 spiro atoms. The average molecular weight is 168 g/mol. The smallest absolute Gasteiger partial charge is 0.138 e. The summed E-state index contributed by atoms with van der Waals surface area (Å²) in [7, 11) is 0. The van der Waals surface area contributed by atoms with Gasteiger partial charge >= 0.3 is 0 Å². The number of benzene rings is 1. The molecule has 66 valence electrons. The van der Waals surface area contributed by atoms with Crippen LogP contribution in [0.25, 0.3) is 0 Å². The predicted molar refractivity (Wildman–Crippen MR) is 45.2 cm³/mol. The lowest BCUT2D eigenvalue weighted by Gasteiger charge is -2.13. The Morgan fingerprint density at radius 2 is 1.83 bits per heavy atom. The van der Waals surface area contributed by atoms with Crippen LogP contribution in [0.4, 0.5) is 0 Å². The van der Waals surface area contributed by atoms with E-state index >= 15 is 0 Å². The van der Waals surface area contributed by atoms with Gasteiger partial charge in [0.25, 0.3) is 0 Å². The molecule has 0 aliphatic heterocycles. The molecule has 0 heterocycles. The van der Waals surface area contributed by atoms with Gasteiger partial charge in [0.15, 0.2) is 0 Å². The number of hydrogen-bond donors (Lipinski definition) is 3. The first kappa shape index (κ1) is 9.19. The predicted octanol–water partition coefficient (Wildman–Crippen LogP) is -0.677. The first-order valence-corrected chi connectivity index (χ1v) is 3.92. The van der Waals surface area contributed by atoms with Gasteiger partial charge in [-0.25, -0.2) is 0 Å². The molecule has 1 rings (SSSR count). The minimum atomic E-state index is -0.670. The van der Waals surface area contributed by atoms with Crippen LogP contribution in [0.1, 0.15) is 11.7 Å². The first-order valence-electron chi connectivity index (χ1n) is 3.92. The Bertz CT molecular complexity index is 225. The summed E-state index contributed by atoms with van der Waals surface area (Å²) in [5, 5.41) is 18.3. The van der Waals surface area contributed by atoms with Gasteiger partial charge in [-0.3, -0.25) is 0 Å². The molecule has 1 aromatic carbocycles. The average Bonchev–Trinajstić information content (AvgIpc) is 2.17. The zero-order valence-corrected chi connectivity index (χ0v) is 6.85. The standard InChI is InChI=1S/C9H13NO2/c10-8(6-11)9(12)7-4-2-1-3-5-7/h1-5,8-9,11-12H,6,10H2/p+1. The van der Waals surface area contributed by atoms with Gasteiger partial charge in [0.05, 0.1) is 6.61 Å². The van der Waals surface area contributed by atoms with Crippen LogP contribution in [0, 0.1) is 0 Å². The summed E-state index contributed by atoms with van der Waals surface area (Å²) in [4.78, 5) is 0. The fourth-order valence-electron chi connectivity index (χ4n) is 1.02. The molecule has 2 unspecified atom stereocenters. The van der Waals surface area contributed by atoms with E-state index in [1.807, 2.05) is 30.3 Å². The number of rotatable bonds is 3. The second-order valence-corrected chi connectivity index (χ2v) is 2.80. The fourth-order valence-corrected chi connectivity index (χ4v) is 1.02. The van der Waals surface area contributed by atoms with Gasteiger partial charge in [0.1, 0.15) is 12.1 Å². The summed E-state index contributed by atoms with van der Waals surface area (Å²) >= 11 is 0. The van der Waals surface area contributed by atoms with Gasteiger partial charge in [-0.2, -0.15) is 0 Å². The summed E-state index contributed by atoms with van der Waals surface area (Å²) < 4.78 is 0. The summed E-state index contributed by atoms with van der Waals surface area (Å²) in [5.41, 5.74) is 4.43. The quantitative estimate of drug-likeness (QED) is 0.560. The van der Waals surface area contributed by atoms with Gasteiger partial charge in [-0.15, -0.1) is 0 Å². The molecule has 0 fully saturated rings. The molecule has 3 heteroatoms. The monoisotopic (exact) mass is 168 g/mol. The van der Waals surface area contributed by atoms with Gasteiger partial charge < -0.3 is 15.9 Å². The Morgan fingerprint density at radius 3 is 2.33 bits per heavy atom. The van der Waals surface area contributed by atoms with Crippen LogP contribution in [-0.2, 0) is 0 Å². The minimum Gasteiger partial charge on any atom is -0.390 e. The van der Waals surface area contributed by atoms with E-state index in [9.17, 15) is 5.11 Å². The van der Waals surface area contributed by atoms with Crippen LogP contribution >= 0.6 is 0 Å². The van der Waals surface area contributed by atoms with E-state index in [4.69, 9.17) is 5.11 Å². The van der Waals surface area contributed by atoms with Crippen LogP contribution in [0.15, 0.2) is 30.3 Å². The molecule has 0 radical (unpaired) electrons. The largest absolute Gasteiger partial charge is 0.390 e. The SMILES string of the molecule is [NH3+]C(CO)C(O)c1ccccc1. The zero-order chi connectivity index (χ0) is 8.97. The van der Waals surface area contributed by atoms with Crippen LogP contribution in [0.3, 0.4) is 0 Å². The molecular weight excluding hydrogens is 154 g/mol. The number of aliphatic hydroxyl groups is 2. The Kier molecular flexibility index (Phi) is 3.22. The Balaban J connectivity index is 2.71. The van der Waals surface area contributed by atoms with Crippen molar-refractivity contribution in [1.82, 2.24) is 0 Å². The van der Waals surface area contributed by atoms with Crippen molar-refractivity contribution in [3.8, 4) is 0 Å². The van der Waals surface area contributed by atoms with E-state index in [0.29, 0.717) is 0 Å². The van der Waals surface area contributed by atoms with Crippen LogP contribution in [0.2, 0.25) is 0 Å². The maximum Gasteiger partial charge on any atom is 0.138 e. The second kappa shape index (κ2) is 4.21. The molecule has 12 heavy (non-hydrogen) atoms. The van der Waals surface area contributed by atoms with E-state index in [-0.39, 0.29) is 12.6 Å². The zero-order valence-electron chi connectivity index (χ0n) is 6.85. The summed E-state index contributed by atoms with van der Waals surface area (Å²) in [6.45, 7) is -0.101. The van der Waals surface area contributed by atoms with Crippen molar-refractivity contribution in [3.05, 3.63) is 35.9 Å². The first-order chi connectivity index (χ1) is 5.75. The second-order valence-electron chi connectivity index (χ2n) is 2.80. The summed E-state index contributed by atoms with van der Waals surface area (Å²) in [6.07, 6.45) is -0.670. The Morgan fingerprint density at radius 1 is 1.25 bits per heavy atom. The maximum atomic E-state index is 9.57. The number of hydrogen-bond acceptors (Lipinski definition) is 2. The van der Waals surface area contributed by atoms with E-state index in [1.54, 1.807) is 0 Å². The molecule has 0 amide bonds. The van der Waals surface area contributed by atoms with E-state index in [1.165, 1.54) is 0 Å². The molecule has 0 aliphatic rings. The van der Waals surface area contributed by atoms with Gasteiger partial charge in [0.2, 0.25) is 0 Å². The summed E-state index contributed by atoms with van der Waals surface area (Å²) in [6, 6.07) is 8.86. The van der Waals surface area contributed by atoms with E-state index in [0.717, 1.165) is 5.56 Å². The molecule has 3 nitrogen and oxygen atoms in total. The fraction of sp³-hybridized carbons (Fsp3) is 0.333. The molecule has 0 saturated carbocycles. The van der Waals surface area contributed by atoms with Crippen LogP contribution in [-0.4, -0.2) is 22.9 Å². The highest BCUT2D eigenvalue weighted by molar-refractivity contribution is 5.18. The van der Waals surface area contributed by atoms with Crippen molar-refractivity contribution in [3.63, 3.8) is 0 Å². The lowest BCUT2D eigenvalue weighted by atomic mass is 10.0. The van der Waals surface area contributed by atoms with Crippen molar-refractivity contribution < 1.29 is 15.9 Å². The molecule has 2 atom stereocenters. The third kappa shape index (κ3) is 2.04. The van der Waals surface area contributed by atoms with Crippen molar-refractivity contribution in [2.75, 3.05) is 6.61 Å². The van der Waals surface area contributed by atoms with Crippen molar-refractivity contribution >= 4 is 0 Å². The Hall–Kier alpha value is -0.900. The van der Waals surface area contributed by atoms with Gasteiger partial charge in [-0.05, 0) is 5.56 Å². The lowest BCUT2D eigenvalue weighted by Crippen LogP contribution is -2.65. The molecule has 0 bridgehead atoms. The summed E-state index contributed by atoms with van der Waals surface area (Å²) in [5.74, 6) is 0. The van der Waals surface area contributed by atoms with Crippen LogP contribution in [0.5, 0.6) is 0 Å². The number of aliphatic hydroxyl groups excluding tert-OH is 2. The van der Waals surface area contributed by atoms with Gasteiger partial charge in [-0.1, -0.05) is 30.3 Å². The molecule has 0 aromatic heterocycles. The van der Waals surface area contributed by atoms with Crippen molar-refractivity contribution in [1.29, 1.82) is 0 Å². The number of quaternary nitrogens is 1. The molecule has 0 saturated heterocycles. The van der Waals surface area contributed by atoms with Crippen molar-refractivity contribution in [2.24, 2.45) is 0 Å². The lowest BCUT2D eigenvalue weighted by molar-refractivity contribution is -0.444. The van der Waals surface area contributed by atoms with Crippen LogP contribution < -0.4 is 5.73 Å². The van der Waals surface area contributed by atoms with E-state index in [2.05, 4.69) is 5.73 Å². The highest BCUT2D eigenvalue weighted by Crippen LogP contribution is 2.13. The van der Waals surface area contributed by atoms with Crippen molar-refractivity contribution in [2.45, 2.75) is 12.1 Å².